The number of alkyl halides is 1. The lowest BCUT2D eigenvalue weighted by Gasteiger charge is -2.52. The van der Waals surface area contributed by atoms with E-state index in [4.69, 9.17) is 23.2 Å². The van der Waals surface area contributed by atoms with Gasteiger partial charge in [0, 0.05) is 11.3 Å². The van der Waals surface area contributed by atoms with E-state index < -0.39 is 20.4 Å². The Morgan fingerprint density at radius 2 is 1.73 bits per heavy atom. The summed E-state index contributed by atoms with van der Waals surface area (Å²) in [6.45, 7) is 0. The third kappa shape index (κ3) is 3.78. The Morgan fingerprint density at radius 1 is 1.20 bits per heavy atom. The zero-order chi connectivity index (χ0) is 11.8. The van der Waals surface area contributed by atoms with Gasteiger partial charge in [0.05, 0.1) is 15.2 Å². The zero-order valence-electron chi connectivity index (χ0n) is 8.02. The average molecular weight is 279 g/mol. The van der Waals surface area contributed by atoms with Crippen LogP contribution in [0.4, 0.5) is 11.7 Å². The van der Waals surface area contributed by atoms with Crippen LogP contribution in [0.2, 0.25) is 5.02 Å². The van der Waals surface area contributed by atoms with E-state index in [0.29, 0.717) is 6.26 Å². The Balaban J connectivity index is 3.13. The van der Waals surface area contributed by atoms with Crippen LogP contribution in [0.5, 0.6) is 0 Å². The summed E-state index contributed by atoms with van der Waals surface area (Å²) in [6.07, 6.45) is 0.302. The van der Waals surface area contributed by atoms with Crippen molar-refractivity contribution in [3.63, 3.8) is 0 Å². The molecule has 1 aromatic carbocycles. The fourth-order valence-electron chi connectivity index (χ4n) is 1.10. The molecule has 0 unspecified atom stereocenters. The maximum Gasteiger partial charge on any atom is 0.109 e. The van der Waals surface area contributed by atoms with E-state index in [0.717, 1.165) is 0 Å². The summed E-state index contributed by atoms with van der Waals surface area (Å²) >= 11 is 10.7. The van der Waals surface area contributed by atoms with E-state index >= 15 is 0 Å². The lowest BCUT2D eigenvalue weighted by molar-refractivity contribution is 0.558. The van der Waals surface area contributed by atoms with Gasteiger partial charge in [0.1, 0.15) is 5.21 Å². The van der Waals surface area contributed by atoms with Gasteiger partial charge < -0.3 is 0 Å². The van der Waals surface area contributed by atoms with E-state index in [9.17, 15) is 11.7 Å². The monoisotopic (exact) mass is 278 g/mol. The molecule has 6 heteroatoms. The predicted octanol–water partition coefficient (Wildman–Crippen LogP) is 5.20. The minimum Gasteiger partial charge on any atom is -0.152 e. The summed E-state index contributed by atoms with van der Waals surface area (Å²) in [5.41, 5.74) is 0.0801. The van der Waals surface area contributed by atoms with Gasteiger partial charge in [0.2, 0.25) is 0 Å². The van der Waals surface area contributed by atoms with Crippen molar-refractivity contribution >= 4 is 32.7 Å². The molecule has 88 valence electrons. The van der Waals surface area contributed by atoms with Crippen LogP contribution in [0.3, 0.4) is 0 Å². The maximum atomic E-state index is 13.7. The summed E-state index contributed by atoms with van der Waals surface area (Å²) in [7, 11) is -6.67. The van der Waals surface area contributed by atoms with Crippen molar-refractivity contribution in [2.75, 3.05) is 11.5 Å². The SMILES string of the molecule is CS(F)(F)(F)(CCl)Cc1ccccc1Cl. The molecule has 0 amide bonds. The molecule has 0 aromatic heterocycles. The van der Waals surface area contributed by atoms with Crippen LogP contribution in [0.25, 0.3) is 0 Å². The highest BCUT2D eigenvalue weighted by Crippen LogP contribution is 2.93. The summed E-state index contributed by atoms with van der Waals surface area (Å²) in [5.74, 6) is -1.02. The molecule has 1 rings (SSSR count). The van der Waals surface area contributed by atoms with Gasteiger partial charge in [-0.25, -0.2) is 0 Å². The van der Waals surface area contributed by atoms with Crippen LogP contribution in [-0.2, 0) is 5.75 Å². The number of halogens is 5. The van der Waals surface area contributed by atoms with E-state index in [1.165, 1.54) is 18.2 Å². The standard InChI is InChI=1S/C9H11Cl2F3S/c1-15(12,13,14,7-10)6-8-4-2-3-5-9(8)11/h2-5H,6-7H2,1H3. The van der Waals surface area contributed by atoms with Gasteiger partial charge >= 0.3 is 0 Å². The molecular formula is C9H11Cl2F3S. The lowest BCUT2D eigenvalue weighted by atomic mass is 10.2. The van der Waals surface area contributed by atoms with Crippen LogP contribution in [-0.4, -0.2) is 11.5 Å². The highest BCUT2D eigenvalue weighted by molar-refractivity contribution is 8.53. The van der Waals surface area contributed by atoms with E-state index in [2.05, 4.69) is 0 Å². The molecule has 0 aliphatic rings. The van der Waals surface area contributed by atoms with E-state index in [-0.39, 0.29) is 10.6 Å². The van der Waals surface area contributed by atoms with Gasteiger partial charge in [-0.15, -0.1) is 11.6 Å². The van der Waals surface area contributed by atoms with Crippen LogP contribution in [0, 0.1) is 0 Å². The van der Waals surface area contributed by atoms with Crippen LogP contribution in [0.1, 0.15) is 5.56 Å². The first-order chi connectivity index (χ1) is 6.55. The Labute approximate surface area is 96.5 Å². The van der Waals surface area contributed by atoms with Gasteiger partial charge in [-0.3, -0.25) is 0 Å². The molecule has 0 saturated heterocycles. The largest absolute Gasteiger partial charge is 0.152 e. The number of hydrogen-bond donors (Lipinski definition) is 0. The molecule has 0 aliphatic heterocycles. The van der Waals surface area contributed by atoms with Crippen molar-refractivity contribution in [2.24, 2.45) is 0 Å². The van der Waals surface area contributed by atoms with Gasteiger partial charge in [0.25, 0.3) is 0 Å². The van der Waals surface area contributed by atoms with Gasteiger partial charge in [-0.2, -0.15) is 11.7 Å². The van der Waals surface area contributed by atoms with Gasteiger partial charge in [-0.05, 0) is 11.6 Å². The second kappa shape index (κ2) is 3.22. The normalized spacial score (nSPS) is 16.9. The highest BCUT2D eigenvalue weighted by Gasteiger charge is 2.56. The van der Waals surface area contributed by atoms with Crippen molar-refractivity contribution < 1.29 is 11.7 Å². The van der Waals surface area contributed by atoms with E-state index in [1.54, 1.807) is 6.07 Å². The fraction of sp³-hybridized carbons (Fsp3) is 0.333. The molecule has 0 bridgehead atoms. The molecule has 0 radical (unpaired) electrons. The summed E-state index contributed by atoms with van der Waals surface area (Å²) in [4.78, 5) is 0. The van der Waals surface area contributed by atoms with Crippen LogP contribution >= 0.6 is 32.7 Å². The van der Waals surface area contributed by atoms with Crippen molar-refractivity contribution in [1.29, 1.82) is 0 Å². The molecule has 0 saturated carbocycles. The number of rotatable bonds is 3. The van der Waals surface area contributed by atoms with Gasteiger partial charge in [0.15, 0.2) is 0 Å². The summed E-state index contributed by atoms with van der Waals surface area (Å²) < 4.78 is 41.0. The maximum absolute atomic E-state index is 13.7. The lowest BCUT2D eigenvalue weighted by Crippen LogP contribution is -2.22. The minimum absolute atomic E-state index is 0.0801. The van der Waals surface area contributed by atoms with Gasteiger partial charge in [-0.1, -0.05) is 29.8 Å². The third-order valence-corrected chi connectivity index (χ3v) is 5.81. The number of hydrogen-bond acceptors (Lipinski definition) is 0. The minimum atomic E-state index is -6.67. The molecule has 1 aromatic rings. The number of benzene rings is 1. The smallest absolute Gasteiger partial charge is 0.109 e. The Kier molecular flexibility index (Phi) is 2.79. The van der Waals surface area contributed by atoms with Crippen molar-refractivity contribution in [2.45, 2.75) is 5.75 Å². The zero-order valence-corrected chi connectivity index (χ0v) is 10.4. The second-order valence-electron chi connectivity index (χ2n) is 3.92. The summed E-state index contributed by atoms with van der Waals surface area (Å²) in [5, 5.41) is -1.17. The first kappa shape index (κ1) is 13.0. The van der Waals surface area contributed by atoms with E-state index in [1.807, 2.05) is 0 Å². The summed E-state index contributed by atoms with van der Waals surface area (Å²) in [6, 6.07) is 5.94. The van der Waals surface area contributed by atoms with Crippen LogP contribution in [0.15, 0.2) is 24.3 Å². The molecule has 0 spiro atoms. The molecular weight excluding hydrogens is 268 g/mol. The Morgan fingerprint density at radius 3 is 2.20 bits per heavy atom. The third-order valence-electron chi connectivity index (χ3n) is 1.83. The molecule has 0 heterocycles. The molecule has 0 atom stereocenters. The Bertz CT molecular complexity index is 385. The van der Waals surface area contributed by atoms with Crippen molar-refractivity contribution in [3.05, 3.63) is 34.9 Å². The first-order valence-electron chi connectivity index (χ1n) is 4.09. The van der Waals surface area contributed by atoms with Crippen molar-refractivity contribution in [3.8, 4) is 0 Å². The average Bonchev–Trinajstić information content (AvgIpc) is 2.08. The molecule has 0 aliphatic carbocycles. The Hall–Kier alpha value is -0.0600. The highest BCUT2D eigenvalue weighted by atomic mass is 35.5. The predicted molar refractivity (Wildman–Crippen MR) is 62.7 cm³/mol. The van der Waals surface area contributed by atoms with Crippen molar-refractivity contribution in [1.82, 2.24) is 0 Å². The molecule has 0 N–H and O–H groups in total. The fourth-order valence-corrected chi connectivity index (χ4v) is 2.82. The quantitative estimate of drug-likeness (QED) is 0.667. The molecule has 15 heavy (non-hydrogen) atoms. The first-order valence-corrected chi connectivity index (χ1v) is 7.90. The molecule has 0 fully saturated rings. The second-order valence-corrected chi connectivity index (χ2v) is 9.64. The topological polar surface area (TPSA) is 0 Å². The molecule has 0 nitrogen and oxygen atoms in total. The van der Waals surface area contributed by atoms with Crippen LogP contribution < -0.4 is 0 Å².